The summed E-state index contributed by atoms with van der Waals surface area (Å²) in [4.78, 5) is 4.44. The molecule has 2 aromatic carbocycles. The summed E-state index contributed by atoms with van der Waals surface area (Å²) in [5, 5.41) is 1.66. The SMILES string of the molecule is Cc1cnc2c(OCc3ccccc3)cccc2c1Cl. The molecule has 0 unspecified atom stereocenters. The van der Waals surface area contributed by atoms with Crippen LogP contribution in [0, 0.1) is 6.92 Å². The molecule has 0 radical (unpaired) electrons. The van der Waals surface area contributed by atoms with E-state index in [4.69, 9.17) is 16.3 Å². The molecule has 20 heavy (non-hydrogen) atoms. The van der Waals surface area contributed by atoms with Gasteiger partial charge in [-0.1, -0.05) is 54.1 Å². The van der Waals surface area contributed by atoms with Crippen molar-refractivity contribution in [3.63, 3.8) is 0 Å². The Hall–Kier alpha value is -2.06. The molecule has 2 nitrogen and oxygen atoms in total. The molecule has 0 amide bonds. The van der Waals surface area contributed by atoms with Crippen LogP contribution in [0.15, 0.2) is 54.7 Å². The van der Waals surface area contributed by atoms with Crippen molar-refractivity contribution in [1.29, 1.82) is 0 Å². The van der Waals surface area contributed by atoms with Crippen molar-refractivity contribution in [3.05, 3.63) is 70.9 Å². The molecule has 3 heteroatoms. The average Bonchev–Trinajstić information content (AvgIpc) is 2.50. The normalized spacial score (nSPS) is 10.7. The number of fused-ring (bicyclic) bond motifs is 1. The van der Waals surface area contributed by atoms with E-state index < -0.39 is 0 Å². The number of aromatic nitrogens is 1. The number of ether oxygens (including phenoxy) is 1. The van der Waals surface area contributed by atoms with Crippen LogP contribution in [0.5, 0.6) is 5.75 Å². The smallest absolute Gasteiger partial charge is 0.146 e. The summed E-state index contributed by atoms with van der Waals surface area (Å²) in [6, 6.07) is 15.9. The van der Waals surface area contributed by atoms with Gasteiger partial charge < -0.3 is 4.74 Å². The van der Waals surface area contributed by atoms with E-state index in [1.807, 2.05) is 55.5 Å². The van der Waals surface area contributed by atoms with Gasteiger partial charge >= 0.3 is 0 Å². The fraction of sp³-hybridized carbons (Fsp3) is 0.118. The van der Waals surface area contributed by atoms with Crippen LogP contribution in [0.1, 0.15) is 11.1 Å². The zero-order valence-corrected chi connectivity index (χ0v) is 11.9. The van der Waals surface area contributed by atoms with Gasteiger partial charge in [-0.25, -0.2) is 0 Å². The summed E-state index contributed by atoms with van der Waals surface area (Å²) in [6.45, 7) is 2.47. The summed E-state index contributed by atoms with van der Waals surface area (Å²) in [5.74, 6) is 0.758. The Kier molecular flexibility index (Phi) is 3.57. The van der Waals surface area contributed by atoms with Crippen molar-refractivity contribution in [1.82, 2.24) is 4.98 Å². The van der Waals surface area contributed by atoms with E-state index in [1.54, 1.807) is 6.20 Å². The van der Waals surface area contributed by atoms with E-state index in [9.17, 15) is 0 Å². The van der Waals surface area contributed by atoms with Gasteiger partial charge in [-0.3, -0.25) is 4.98 Å². The van der Waals surface area contributed by atoms with Crippen molar-refractivity contribution in [2.75, 3.05) is 0 Å². The maximum atomic E-state index is 6.32. The highest BCUT2D eigenvalue weighted by Gasteiger charge is 2.08. The lowest BCUT2D eigenvalue weighted by Gasteiger charge is -2.10. The minimum atomic E-state index is 0.521. The largest absolute Gasteiger partial charge is 0.487 e. The number of hydrogen-bond acceptors (Lipinski definition) is 2. The van der Waals surface area contributed by atoms with Gasteiger partial charge in [0.05, 0.1) is 5.02 Å². The zero-order chi connectivity index (χ0) is 13.9. The molecule has 0 aliphatic rings. The summed E-state index contributed by atoms with van der Waals surface area (Å²) >= 11 is 6.32. The number of halogens is 1. The second kappa shape index (κ2) is 5.51. The number of hydrogen-bond donors (Lipinski definition) is 0. The number of pyridine rings is 1. The third-order valence-electron chi connectivity index (χ3n) is 3.21. The molecule has 1 aromatic heterocycles. The van der Waals surface area contributed by atoms with Gasteiger partial charge in [0.2, 0.25) is 0 Å². The highest BCUT2D eigenvalue weighted by Crippen LogP contribution is 2.31. The quantitative estimate of drug-likeness (QED) is 0.690. The van der Waals surface area contributed by atoms with E-state index >= 15 is 0 Å². The molecule has 0 aliphatic heterocycles. The number of benzene rings is 2. The number of para-hydroxylation sites is 1. The highest BCUT2D eigenvalue weighted by atomic mass is 35.5. The summed E-state index contributed by atoms with van der Waals surface area (Å²) in [5.41, 5.74) is 2.90. The Balaban J connectivity index is 1.94. The monoisotopic (exact) mass is 283 g/mol. The fourth-order valence-corrected chi connectivity index (χ4v) is 2.32. The summed E-state index contributed by atoms with van der Waals surface area (Å²) in [7, 11) is 0. The number of nitrogens with zero attached hydrogens (tertiary/aromatic N) is 1. The molecule has 1 heterocycles. The van der Waals surface area contributed by atoms with Crippen molar-refractivity contribution in [3.8, 4) is 5.75 Å². The minimum Gasteiger partial charge on any atom is -0.487 e. The number of rotatable bonds is 3. The molecule has 3 rings (SSSR count). The Morgan fingerprint density at radius 2 is 1.85 bits per heavy atom. The maximum Gasteiger partial charge on any atom is 0.146 e. The topological polar surface area (TPSA) is 22.1 Å². The Morgan fingerprint density at radius 3 is 2.65 bits per heavy atom. The molecular formula is C17H14ClNO. The Morgan fingerprint density at radius 1 is 1.05 bits per heavy atom. The Labute approximate surface area is 123 Å². The van der Waals surface area contributed by atoms with Gasteiger partial charge in [-0.15, -0.1) is 0 Å². The van der Waals surface area contributed by atoms with Gasteiger partial charge in [-0.2, -0.15) is 0 Å². The first-order valence-corrected chi connectivity index (χ1v) is 6.84. The molecular weight excluding hydrogens is 270 g/mol. The standard InChI is InChI=1S/C17H14ClNO/c1-12-10-19-17-14(16(12)18)8-5-9-15(17)20-11-13-6-3-2-4-7-13/h2-10H,11H2,1H3. The predicted molar refractivity (Wildman–Crippen MR) is 82.3 cm³/mol. The second-order valence-corrected chi connectivity index (χ2v) is 5.06. The summed E-state index contributed by atoms with van der Waals surface area (Å²) in [6.07, 6.45) is 1.78. The molecule has 0 aliphatic carbocycles. The van der Waals surface area contributed by atoms with Crippen LogP contribution in [-0.2, 0) is 6.61 Å². The van der Waals surface area contributed by atoms with Crippen LogP contribution in [-0.4, -0.2) is 4.98 Å². The fourth-order valence-electron chi connectivity index (χ4n) is 2.11. The number of aryl methyl sites for hydroxylation is 1. The first kappa shape index (κ1) is 12.9. The van der Waals surface area contributed by atoms with Crippen molar-refractivity contribution < 1.29 is 4.74 Å². The van der Waals surface area contributed by atoms with E-state index in [2.05, 4.69) is 4.98 Å². The first-order valence-electron chi connectivity index (χ1n) is 6.46. The van der Waals surface area contributed by atoms with E-state index in [-0.39, 0.29) is 0 Å². The second-order valence-electron chi connectivity index (χ2n) is 4.68. The lowest BCUT2D eigenvalue weighted by Crippen LogP contribution is -1.97. The minimum absolute atomic E-state index is 0.521. The molecule has 3 aromatic rings. The van der Waals surface area contributed by atoms with Crippen LogP contribution >= 0.6 is 11.6 Å². The first-order chi connectivity index (χ1) is 9.75. The molecule has 0 saturated carbocycles. The van der Waals surface area contributed by atoms with Gasteiger partial charge in [0, 0.05) is 11.6 Å². The van der Waals surface area contributed by atoms with Gasteiger partial charge in [-0.05, 0) is 24.1 Å². The van der Waals surface area contributed by atoms with Crippen LogP contribution in [0.2, 0.25) is 5.02 Å². The van der Waals surface area contributed by atoms with Crippen LogP contribution in [0.3, 0.4) is 0 Å². The highest BCUT2D eigenvalue weighted by molar-refractivity contribution is 6.36. The molecule has 100 valence electrons. The van der Waals surface area contributed by atoms with Crippen LogP contribution < -0.4 is 4.74 Å². The van der Waals surface area contributed by atoms with Crippen LogP contribution in [0.4, 0.5) is 0 Å². The lowest BCUT2D eigenvalue weighted by molar-refractivity contribution is 0.309. The molecule has 0 atom stereocenters. The summed E-state index contributed by atoms with van der Waals surface area (Å²) < 4.78 is 5.88. The molecule has 0 bridgehead atoms. The third-order valence-corrected chi connectivity index (χ3v) is 3.71. The van der Waals surface area contributed by atoms with Gasteiger partial charge in [0.25, 0.3) is 0 Å². The zero-order valence-electron chi connectivity index (χ0n) is 11.1. The van der Waals surface area contributed by atoms with Crippen molar-refractivity contribution in [2.45, 2.75) is 13.5 Å². The predicted octanol–water partition coefficient (Wildman–Crippen LogP) is 4.78. The molecule has 0 saturated heterocycles. The average molecular weight is 284 g/mol. The van der Waals surface area contributed by atoms with Gasteiger partial charge in [0.15, 0.2) is 0 Å². The Bertz CT molecular complexity index is 741. The van der Waals surface area contributed by atoms with Gasteiger partial charge in [0.1, 0.15) is 17.9 Å². The van der Waals surface area contributed by atoms with E-state index in [0.29, 0.717) is 6.61 Å². The van der Waals surface area contributed by atoms with E-state index in [0.717, 1.165) is 32.8 Å². The van der Waals surface area contributed by atoms with Crippen LogP contribution in [0.25, 0.3) is 10.9 Å². The van der Waals surface area contributed by atoms with E-state index in [1.165, 1.54) is 0 Å². The molecule has 0 N–H and O–H groups in total. The van der Waals surface area contributed by atoms with Crippen molar-refractivity contribution >= 4 is 22.5 Å². The lowest BCUT2D eigenvalue weighted by atomic mass is 10.1. The maximum absolute atomic E-state index is 6.32. The third kappa shape index (κ3) is 2.47. The molecule has 0 spiro atoms. The molecule has 0 fully saturated rings. The van der Waals surface area contributed by atoms with Crippen molar-refractivity contribution in [2.24, 2.45) is 0 Å².